The fraction of sp³-hybridized carbons (Fsp3) is 0.316. The van der Waals surface area contributed by atoms with Gasteiger partial charge in [0.25, 0.3) is 5.91 Å². The fourth-order valence-electron chi connectivity index (χ4n) is 3.46. The molecule has 0 saturated carbocycles. The zero-order valence-electron chi connectivity index (χ0n) is 13.7. The minimum absolute atomic E-state index is 0.137. The van der Waals surface area contributed by atoms with E-state index in [1.807, 2.05) is 60.5 Å². The van der Waals surface area contributed by atoms with Crippen LogP contribution in [0.25, 0.3) is 5.65 Å². The molecular formula is C19H20N4O. The Labute approximate surface area is 140 Å². The van der Waals surface area contributed by atoms with Gasteiger partial charge >= 0.3 is 0 Å². The minimum atomic E-state index is 0.137. The van der Waals surface area contributed by atoms with E-state index in [0.29, 0.717) is 5.92 Å². The molecule has 0 radical (unpaired) electrons. The van der Waals surface area contributed by atoms with Gasteiger partial charge in [-0.15, -0.1) is 10.2 Å². The van der Waals surface area contributed by atoms with Crippen molar-refractivity contribution in [2.45, 2.75) is 25.7 Å². The number of hydrogen-bond donors (Lipinski definition) is 0. The number of aromatic nitrogens is 3. The number of carbonyl (C=O) groups is 1. The SMILES string of the molecule is Cc1ccccc1C(=O)N1CCC(c2nnc3ccccn23)CC1. The molecule has 122 valence electrons. The second kappa shape index (κ2) is 6.07. The summed E-state index contributed by atoms with van der Waals surface area (Å²) in [5.74, 6) is 1.49. The Hall–Kier alpha value is -2.69. The summed E-state index contributed by atoms with van der Waals surface area (Å²) in [6.45, 7) is 3.52. The van der Waals surface area contributed by atoms with Gasteiger partial charge in [0, 0.05) is 30.8 Å². The third-order valence-corrected chi connectivity index (χ3v) is 4.86. The van der Waals surface area contributed by atoms with Crippen molar-refractivity contribution in [3.05, 3.63) is 65.6 Å². The molecule has 5 nitrogen and oxygen atoms in total. The predicted molar refractivity (Wildman–Crippen MR) is 92.0 cm³/mol. The van der Waals surface area contributed by atoms with Crippen LogP contribution in [0, 0.1) is 6.92 Å². The zero-order chi connectivity index (χ0) is 16.5. The average Bonchev–Trinajstić information content (AvgIpc) is 3.06. The smallest absolute Gasteiger partial charge is 0.254 e. The first-order valence-corrected chi connectivity index (χ1v) is 8.38. The van der Waals surface area contributed by atoms with Gasteiger partial charge in [0.15, 0.2) is 5.65 Å². The number of pyridine rings is 1. The summed E-state index contributed by atoms with van der Waals surface area (Å²) in [5.41, 5.74) is 2.72. The summed E-state index contributed by atoms with van der Waals surface area (Å²) in [4.78, 5) is 14.7. The molecule has 1 aromatic carbocycles. The summed E-state index contributed by atoms with van der Waals surface area (Å²) in [5, 5.41) is 8.61. The number of carbonyl (C=O) groups excluding carboxylic acids is 1. The summed E-state index contributed by atoms with van der Waals surface area (Å²) >= 11 is 0. The van der Waals surface area contributed by atoms with E-state index in [-0.39, 0.29) is 5.91 Å². The first-order valence-electron chi connectivity index (χ1n) is 8.38. The number of fused-ring (bicyclic) bond motifs is 1. The molecule has 0 unspecified atom stereocenters. The van der Waals surface area contributed by atoms with Crippen molar-refractivity contribution in [2.75, 3.05) is 13.1 Å². The van der Waals surface area contributed by atoms with E-state index in [9.17, 15) is 4.79 Å². The highest BCUT2D eigenvalue weighted by Crippen LogP contribution is 2.28. The molecule has 0 N–H and O–H groups in total. The molecule has 0 atom stereocenters. The molecule has 3 aromatic rings. The first kappa shape index (κ1) is 14.9. The van der Waals surface area contributed by atoms with E-state index in [2.05, 4.69) is 14.6 Å². The molecule has 1 aliphatic heterocycles. The molecule has 0 spiro atoms. The number of benzene rings is 1. The fourth-order valence-corrected chi connectivity index (χ4v) is 3.46. The third kappa shape index (κ3) is 2.56. The highest BCUT2D eigenvalue weighted by molar-refractivity contribution is 5.95. The highest BCUT2D eigenvalue weighted by atomic mass is 16.2. The van der Waals surface area contributed by atoms with E-state index in [0.717, 1.165) is 48.5 Å². The number of nitrogens with zero attached hydrogens (tertiary/aromatic N) is 4. The monoisotopic (exact) mass is 320 g/mol. The number of hydrogen-bond acceptors (Lipinski definition) is 3. The van der Waals surface area contributed by atoms with Gasteiger partial charge in [-0.05, 0) is 43.5 Å². The van der Waals surface area contributed by atoms with E-state index in [1.54, 1.807) is 0 Å². The average molecular weight is 320 g/mol. The normalized spacial score (nSPS) is 15.8. The Balaban J connectivity index is 1.49. The molecule has 2 aromatic heterocycles. The van der Waals surface area contributed by atoms with Crippen LogP contribution in [-0.2, 0) is 0 Å². The summed E-state index contributed by atoms with van der Waals surface area (Å²) < 4.78 is 2.06. The Bertz CT molecular complexity index is 878. The Kier molecular flexibility index (Phi) is 3.76. The molecule has 1 fully saturated rings. The minimum Gasteiger partial charge on any atom is -0.339 e. The summed E-state index contributed by atoms with van der Waals surface area (Å²) in [7, 11) is 0. The van der Waals surface area contributed by atoms with Crippen molar-refractivity contribution in [3.63, 3.8) is 0 Å². The maximum absolute atomic E-state index is 12.7. The lowest BCUT2D eigenvalue weighted by Crippen LogP contribution is -2.38. The lowest BCUT2D eigenvalue weighted by atomic mass is 9.95. The molecule has 1 saturated heterocycles. The molecular weight excluding hydrogens is 300 g/mol. The Morgan fingerprint density at radius 2 is 1.79 bits per heavy atom. The molecule has 1 amide bonds. The van der Waals surface area contributed by atoms with Crippen molar-refractivity contribution < 1.29 is 4.79 Å². The van der Waals surface area contributed by atoms with Crippen LogP contribution in [0.3, 0.4) is 0 Å². The van der Waals surface area contributed by atoms with Gasteiger partial charge in [-0.3, -0.25) is 9.20 Å². The highest BCUT2D eigenvalue weighted by Gasteiger charge is 2.27. The van der Waals surface area contributed by atoms with E-state index in [4.69, 9.17) is 0 Å². The van der Waals surface area contributed by atoms with Gasteiger partial charge in [0.2, 0.25) is 0 Å². The van der Waals surface area contributed by atoms with Gasteiger partial charge in [-0.2, -0.15) is 0 Å². The Morgan fingerprint density at radius 3 is 2.58 bits per heavy atom. The van der Waals surface area contributed by atoms with Gasteiger partial charge in [-0.1, -0.05) is 24.3 Å². The number of amides is 1. The van der Waals surface area contributed by atoms with Crippen molar-refractivity contribution in [1.82, 2.24) is 19.5 Å². The first-order chi connectivity index (χ1) is 11.7. The molecule has 24 heavy (non-hydrogen) atoms. The second-order valence-electron chi connectivity index (χ2n) is 6.37. The van der Waals surface area contributed by atoms with Crippen molar-refractivity contribution >= 4 is 11.6 Å². The topological polar surface area (TPSA) is 50.5 Å². The molecule has 3 heterocycles. The van der Waals surface area contributed by atoms with Gasteiger partial charge in [-0.25, -0.2) is 0 Å². The quantitative estimate of drug-likeness (QED) is 0.729. The summed E-state index contributed by atoms with van der Waals surface area (Å²) in [6.07, 6.45) is 3.86. The number of rotatable bonds is 2. The number of piperidine rings is 1. The van der Waals surface area contributed by atoms with E-state index in [1.165, 1.54) is 0 Å². The number of aryl methyl sites for hydroxylation is 1. The van der Waals surface area contributed by atoms with Crippen LogP contribution >= 0.6 is 0 Å². The van der Waals surface area contributed by atoms with Gasteiger partial charge in [0.1, 0.15) is 5.82 Å². The van der Waals surface area contributed by atoms with Crippen molar-refractivity contribution in [2.24, 2.45) is 0 Å². The Morgan fingerprint density at radius 1 is 1.04 bits per heavy atom. The van der Waals surface area contributed by atoms with Crippen LogP contribution < -0.4 is 0 Å². The maximum atomic E-state index is 12.7. The van der Waals surface area contributed by atoms with Crippen LogP contribution in [0.15, 0.2) is 48.7 Å². The number of likely N-dealkylation sites (tertiary alicyclic amines) is 1. The van der Waals surface area contributed by atoms with Crippen LogP contribution in [0.1, 0.15) is 40.5 Å². The molecule has 0 aliphatic carbocycles. The van der Waals surface area contributed by atoms with Crippen LogP contribution in [0.4, 0.5) is 0 Å². The van der Waals surface area contributed by atoms with Gasteiger partial charge in [0.05, 0.1) is 0 Å². The van der Waals surface area contributed by atoms with Crippen molar-refractivity contribution in [1.29, 1.82) is 0 Å². The van der Waals surface area contributed by atoms with Crippen LogP contribution in [-0.4, -0.2) is 38.5 Å². The lowest BCUT2D eigenvalue weighted by molar-refractivity contribution is 0.0710. The van der Waals surface area contributed by atoms with Crippen LogP contribution in [0.5, 0.6) is 0 Å². The van der Waals surface area contributed by atoms with E-state index >= 15 is 0 Å². The second-order valence-corrected chi connectivity index (χ2v) is 6.37. The molecule has 1 aliphatic rings. The van der Waals surface area contributed by atoms with E-state index < -0.39 is 0 Å². The molecule has 0 bridgehead atoms. The van der Waals surface area contributed by atoms with Crippen molar-refractivity contribution in [3.8, 4) is 0 Å². The standard InChI is InChI=1S/C19H20N4O/c1-14-6-2-3-7-16(14)19(24)22-12-9-15(10-13-22)18-21-20-17-8-4-5-11-23(17)18/h2-8,11,15H,9-10,12-13H2,1H3. The van der Waals surface area contributed by atoms with Gasteiger partial charge < -0.3 is 4.90 Å². The zero-order valence-corrected chi connectivity index (χ0v) is 13.7. The largest absolute Gasteiger partial charge is 0.339 e. The molecule has 5 heteroatoms. The molecule has 4 rings (SSSR count). The summed E-state index contributed by atoms with van der Waals surface area (Å²) in [6, 6.07) is 13.7. The third-order valence-electron chi connectivity index (χ3n) is 4.86. The lowest BCUT2D eigenvalue weighted by Gasteiger charge is -2.31. The predicted octanol–water partition coefficient (Wildman–Crippen LogP) is 3.06. The van der Waals surface area contributed by atoms with Crippen LogP contribution in [0.2, 0.25) is 0 Å². The maximum Gasteiger partial charge on any atom is 0.254 e.